The van der Waals surface area contributed by atoms with E-state index in [1.54, 1.807) is 18.2 Å². The lowest BCUT2D eigenvalue weighted by Gasteiger charge is -1.94. The number of aromatic amines is 2. The number of hydrogen-bond donors (Lipinski definition) is 2. The zero-order valence-corrected chi connectivity index (χ0v) is 7.05. The molecule has 0 bridgehead atoms. The van der Waals surface area contributed by atoms with Gasteiger partial charge in [-0.2, -0.15) is 0 Å². The Balaban J connectivity index is 2.96. The molecule has 0 spiro atoms. The number of carbonyl (C=O) groups excluding carboxylic acids is 1. The second-order valence-corrected chi connectivity index (χ2v) is 2.86. The fraction of sp³-hybridized carbons (Fsp3) is 0.111. The lowest BCUT2D eigenvalue weighted by Crippen LogP contribution is -2.03. The van der Waals surface area contributed by atoms with E-state index in [0.717, 1.165) is 0 Å². The molecule has 0 aliphatic carbocycles. The van der Waals surface area contributed by atoms with Gasteiger partial charge in [0.15, 0.2) is 5.78 Å². The van der Waals surface area contributed by atoms with E-state index < -0.39 is 0 Å². The average Bonchev–Trinajstić information content (AvgIpc) is 2.48. The molecule has 1 aromatic heterocycles. The molecule has 2 N–H and O–H groups in total. The van der Waals surface area contributed by atoms with Crippen LogP contribution in [0.15, 0.2) is 23.0 Å². The number of hydrogen-bond acceptors (Lipinski definition) is 2. The van der Waals surface area contributed by atoms with Crippen molar-refractivity contribution in [2.75, 3.05) is 0 Å². The molecule has 66 valence electrons. The highest BCUT2D eigenvalue weighted by atomic mass is 16.1. The molecule has 0 aliphatic rings. The van der Waals surface area contributed by atoms with E-state index in [1.807, 2.05) is 0 Å². The van der Waals surface area contributed by atoms with Crippen LogP contribution < -0.4 is 5.56 Å². The summed E-state index contributed by atoms with van der Waals surface area (Å²) >= 11 is 0. The van der Waals surface area contributed by atoms with Crippen molar-refractivity contribution in [1.82, 2.24) is 10.2 Å². The summed E-state index contributed by atoms with van der Waals surface area (Å²) in [5.41, 5.74) is 0.874. The van der Waals surface area contributed by atoms with Gasteiger partial charge in [-0.3, -0.25) is 19.8 Å². The number of ketones is 1. The van der Waals surface area contributed by atoms with Crippen LogP contribution in [0.25, 0.3) is 10.9 Å². The first-order valence-corrected chi connectivity index (χ1v) is 3.90. The predicted molar refractivity (Wildman–Crippen MR) is 48.9 cm³/mol. The third kappa shape index (κ3) is 1.07. The van der Waals surface area contributed by atoms with Crippen LogP contribution in [-0.4, -0.2) is 16.0 Å². The number of H-pyrrole nitrogens is 2. The third-order valence-electron chi connectivity index (χ3n) is 1.98. The van der Waals surface area contributed by atoms with Gasteiger partial charge >= 0.3 is 0 Å². The minimum Gasteiger partial charge on any atom is -0.298 e. The average molecular weight is 176 g/mol. The Kier molecular flexibility index (Phi) is 1.55. The highest BCUT2D eigenvalue weighted by Crippen LogP contribution is 2.12. The van der Waals surface area contributed by atoms with E-state index in [-0.39, 0.29) is 11.3 Å². The van der Waals surface area contributed by atoms with E-state index in [1.165, 1.54) is 6.92 Å². The molecule has 13 heavy (non-hydrogen) atoms. The van der Waals surface area contributed by atoms with Crippen LogP contribution in [0.1, 0.15) is 17.3 Å². The summed E-state index contributed by atoms with van der Waals surface area (Å²) in [7, 11) is 0. The monoisotopic (exact) mass is 176 g/mol. The molecule has 4 heteroatoms. The Morgan fingerprint density at radius 3 is 2.77 bits per heavy atom. The molecule has 0 unspecified atom stereocenters. The second kappa shape index (κ2) is 2.58. The Morgan fingerprint density at radius 1 is 1.31 bits per heavy atom. The van der Waals surface area contributed by atoms with Crippen LogP contribution in [0.4, 0.5) is 0 Å². The van der Waals surface area contributed by atoms with Crippen LogP contribution in [0.3, 0.4) is 0 Å². The van der Waals surface area contributed by atoms with E-state index >= 15 is 0 Å². The maximum atomic E-state index is 11.3. The van der Waals surface area contributed by atoms with Gasteiger partial charge in [0.2, 0.25) is 0 Å². The minimum absolute atomic E-state index is 0.101. The van der Waals surface area contributed by atoms with Gasteiger partial charge in [-0.15, -0.1) is 0 Å². The van der Waals surface area contributed by atoms with Gasteiger partial charge in [0.05, 0.1) is 10.9 Å². The molecule has 0 saturated carbocycles. The van der Waals surface area contributed by atoms with Crippen LogP contribution in [0, 0.1) is 0 Å². The van der Waals surface area contributed by atoms with Crippen LogP contribution in [0.5, 0.6) is 0 Å². The Labute approximate surface area is 73.6 Å². The zero-order valence-electron chi connectivity index (χ0n) is 7.05. The molecule has 0 saturated heterocycles. The van der Waals surface area contributed by atoms with Crippen molar-refractivity contribution in [3.63, 3.8) is 0 Å². The largest absolute Gasteiger partial charge is 0.298 e. The van der Waals surface area contributed by atoms with Crippen molar-refractivity contribution in [3.05, 3.63) is 34.1 Å². The number of aromatic nitrogens is 2. The molecular weight excluding hydrogens is 168 g/mol. The van der Waals surface area contributed by atoms with Crippen LogP contribution >= 0.6 is 0 Å². The first-order chi connectivity index (χ1) is 6.20. The number of nitrogens with one attached hydrogen (secondary N) is 2. The standard InChI is InChI=1S/C9H8N2O2/c1-5(12)6-3-2-4-7-8(6)9(13)11-10-7/h2-4H,1H3,(H2,10,11,13). The molecule has 0 aliphatic heterocycles. The first kappa shape index (κ1) is 7.79. The summed E-state index contributed by atoms with van der Waals surface area (Å²) < 4.78 is 0. The van der Waals surface area contributed by atoms with Crippen molar-refractivity contribution in [2.45, 2.75) is 6.92 Å². The maximum Gasteiger partial charge on any atom is 0.272 e. The highest BCUT2D eigenvalue weighted by Gasteiger charge is 2.09. The van der Waals surface area contributed by atoms with Gasteiger partial charge in [0.25, 0.3) is 5.56 Å². The van der Waals surface area contributed by atoms with E-state index in [9.17, 15) is 9.59 Å². The molecule has 0 amide bonds. The number of Topliss-reactive ketones (excluding diaryl/α,β-unsaturated/α-hetero) is 1. The molecule has 4 nitrogen and oxygen atoms in total. The number of fused-ring (bicyclic) bond motifs is 1. The second-order valence-electron chi connectivity index (χ2n) is 2.86. The molecule has 1 heterocycles. The van der Waals surface area contributed by atoms with Gasteiger partial charge in [-0.05, 0) is 13.0 Å². The van der Waals surface area contributed by atoms with E-state index in [2.05, 4.69) is 10.2 Å². The lowest BCUT2D eigenvalue weighted by atomic mass is 10.1. The molecule has 0 atom stereocenters. The van der Waals surface area contributed by atoms with Gasteiger partial charge in [-0.1, -0.05) is 12.1 Å². The summed E-state index contributed by atoms with van der Waals surface area (Å²) in [6.45, 7) is 1.45. The zero-order chi connectivity index (χ0) is 9.42. The molecular formula is C9H8N2O2. The minimum atomic E-state index is -0.249. The van der Waals surface area contributed by atoms with Crippen molar-refractivity contribution in [1.29, 1.82) is 0 Å². The lowest BCUT2D eigenvalue weighted by molar-refractivity contribution is 0.101. The number of carbonyl (C=O) groups is 1. The Hall–Kier alpha value is -1.84. The summed E-state index contributed by atoms with van der Waals surface area (Å²) in [5, 5.41) is 5.57. The normalized spacial score (nSPS) is 10.5. The predicted octanol–water partition coefficient (Wildman–Crippen LogP) is 1.06. The Bertz CT molecular complexity index is 522. The van der Waals surface area contributed by atoms with Crippen molar-refractivity contribution in [2.24, 2.45) is 0 Å². The molecule has 2 aromatic rings. The third-order valence-corrected chi connectivity index (χ3v) is 1.98. The van der Waals surface area contributed by atoms with Crippen molar-refractivity contribution >= 4 is 16.7 Å². The van der Waals surface area contributed by atoms with Crippen LogP contribution in [-0.2, 0) is 0 Å². The van der Waals surface area contributed by atoms with E-state index in [0.29, 0.717) is 16.5 Å². The highest BCUT2D eigenvalue weighted by molar-refractivity contribution is 6.05. The molecule has 0 fully saturated rings. The topological polar surface area (TPSA) is 65.7 Å². The van der Waals surface area contributed by atoms with Gasteiger partial charge < -0.3 is 0 Å². The molecule has 2 rings (SSSR count). The molecule has 0 radical (unpaired) electrons. The fourth-order valence-corrected chi connectivity index (χ4v) is 1.38. The number of rotatable bonds is 1. The first-order valence-electron chi connectivity index (χ1n) is 3.90. The Morgan fingerprint density at radius 2 is 2.08 bits per heavy atom. The quantitative estimate of drug-likeness (QED) is 0.638. The summed E-state index contributed by atoms with van der Waals surface area (Å²) in [4.78, 5) is 22.4. The van der Waals surface area contributed by atoms with Gasteiger partial charge in [-0.25, -0.2) is 0 Å². The van der Waals surface area contributed by atoms with Gasteiger partial charge in [0, 0.05) is 5.56 Å². The molecule has 1 aromatic carbocycles. The summed E-state index contributed by atoms with van der Waals surface area (Å²) in [5.74, 6) is -0.101. The summed E-state index contributed by atoms with van der Waals surface area (Å²) in [6.07, 6.45) is 0. The smallest absolute Gasteiger partial charge is 0.272 e. The van der Waals surface area contributed by atoms with Crippen molar-refractivity contribution in [3.8, 4) is 0 Å². The van der Waals surface area contributed by atoms with Crippen molar-refractivity contribution < 1.29 is 4.79 Å². The summed E-state index contributed by atoms with van der Waals surface area (Å²) in [6, 6.07) is 5.14. The fourth-order valence-electron chi connectivity index (χ4n) is 1.38. The maximum absolute atomic E-state index is 11.3. The van der Waals surface area contributed by atoms with Gasteiger partial charge in [0.1, 0.15) is 0 Å². The van der Waals surface area contributed by atoms with E-state index in [4.69, 9.17) is 0 Å². The number of benzene rings is 1. The SMILES string of the molecule is CC(=O)c1cccc2[nH][nH]c(=O)c12. The van der Waals surface area contributed by atoms with Crippen LogP contribution in [0.2, 0.25) is 0 Å².